The highest BCUT2D eigenvalue weighted by atomic mass is 32.2. The minimum Gasteiger partial charge on any atom is -0.446 e. The highest BCUT2D eigenvalue weighted by Gasteiger charge is 2.46. The van der Waals surface area contributed by atoms with Crippen molar-refractivity contribution in [2.75, 3.05) is 24.5 Å². The number of Topliss-reactive ketones (excluding diaryl/α,β-unsaturated/α-hetero) is 2. The maximum atomic E-state index is 13.3. The summed E-state index contributed by atoms with van der Waals surface area (Å²) >= 11 is 0. The Balaban J connectivity index is 1.10. The van der Waals surface area contributed by atoms with Gasteiger partial charge in [-0.3, -0.25) is 33.3 Å². The fourth-order valence-electron chi connectivity index (χ4n) is 10.5. The molecule has 15 nitrogen and oxygen atoms in total. The van der Waals surface area contributed by atoms with Crippen LogP contribution in [0.5, 0.6) is 0 Å². The van der Waals surface area contributed by atoms with Crippen LogP contribution in [0.4, 0.5) is 11.4 Å². The number of fused-ring (bicyclic) bond motifs is 6. The number of allylic oxidation sites excluding steroid dienone is 6. The highest BCUT2D eigenvalue weighted by Crippen LogP contribution is 2.51. The predicted octanol–water partition coefficient (Wildman–Crippen LogP) is 8.75. The Morgan fingerprint density at radius 2 is 1.44 bits per heavy atom. The van der Waals surface area contributed by atoms with E-state index in [1.807, 2.05) is 62.4 Å². The van der Waals surface area contributed by atoms with Crippen LogP contribution in [0.3, 0.4) is 0 Å². The zero-order chi connectivity index (χ0) is 51.2. The molecule has 17 heteroatoms. The van der Waals surface area contributed by atoms with Gasteiger partial charge in [0.25, 0.3) is 26.1 Å². The number of benzene rings is 4. The van der Waals surface area contributed by atoms with Crippen molar-refractivity contribution >= 4 is 87.9 Å². The molecule has 5 aromatic rings. The molecule has 370 valence electrons. The molecule has 71 heavy (non-hydrogen) atoms. The lowest BCUT2D eigenvalue weighted by molar-refractivity contribution is -0.433. The molecule has 1 aliphatic carbocycles. The van der Waals surface area contributed by atoms with Crippen molar-refractivity contribution < 1.29 is 54.4 Å². The number of hydrogen-bond acceptors (Lipinski definition) is 11. The van der Waals surface area contributed by atoms with Gasteiger partial charge in [-0.25, -0.2) is 0 Å². The number of esters is 1. The van der Waals surface area contributed by atoms with E-state index in [2.05, 4.69) is 42.5 Å². The monoisotopic (exact) mass is 1000 g/mol. The summed E-state index contributed by atoms with van der Waals surface area (Å²) in [6, 6.07) is 20.5. The normalized spacial score (nSPS) is 17.5. The molecule has 4 aromatic carbocycles. The number of hydrogen-bond donors (Lipinski definition) is 3. The molecule has 0 bridgehead atoms. The summed E-state index contributed by atoms with van der Waals surface area (Å²) in [6.45, 7) is 13.9. The van der Waals surface area contributed by atoms with E-state index in [0.717, 1.165) is 33.9 Å². The van der Waals surface area contributed by atoms with Crippen LogP contribution in [0.1, 0.15) is 107 Å². The van der Waals surface area contributed by atoms with Crippen LogP contribution in [0.25, 0.3) is 27.1 Å². The lowest BCUT2D eigenvalue weighted by Gasteiger charge is -2.26. The minimum atomic E-state index is -4.51. The molecule has 3 heterocycles. The van der Waals surface area contributed by atoms with Gasteiger partial charge in [0.2, 0.25) is 11.8 Å². The standard InChI is InChI=1S/C54H56N4O11S2/c1-7-57-40-25-22-35-37(14-12-16-44(35)70(63,64)65)49(40)53(3,4)46(57)29-20-33(21-30-47-54(5,6)50-38-15-13-17-45(71(66,67)68)36(38)23-26-41(50)58(47)8-2)39-24-19-34(32-56-39)52(62)55-31-11-9-10-18-48(61)69-51-42(59)27-28-43(51)60/h12-17,19-26,29-30,32,51H,7-11,18,27-28,31H2,1-6H3,(H2-,55,62,63,64,65,66,67,68)/p+1. The number of ether oxygens (including phenoxy) is 1. The Morgan fingerprint density at radius 3 is 2.03 bits per heavy atom. The Bertz CT molecular complexity index is 3390. The van der Waals surface area contributed by atoms with E-state index in [0.29, 0.717) is 77.3 Å². The van der Waals surface area contributed by atoms with Crippen LogP contribution in [0.15, 0.2) is 119 Å². The van der Waals surface area contributed by atoms with Gasteiger partial charge in [0.15, 0.2) is 17.3 Å². The van der Waals surface area contributed by atoms with Gasteiger partial charge in [0, 0.05) is 89.4 Å². The predicted molar refractivity (Wildman–Crippen MR) is 271 cm³/mol. The van der Waals surface area contributed by atoms with E-state index >= 15 is 0 Å². The number of rotatable bonds is 16. The maximum Gasteiger partial charge on any atom is 0.306 e. The third-order valence-electron chi connectivity index (χ3n) is 13.8. The summed E-state index contributed by atoms with van der Waals surface area (Å²) in [6.07, 6.45) is 10.1. The first kappa shape index (κ1) is 50.7. The number of ketones is 2. The molecule has 3 aliphatic rings. The molecular formula is C54H57N4O11S2+. The van der Waals surface area contributed by atoms with E-state index in [1.54, 1.807) is 36.4 Å². The van der Waals surface area contributed by atoms with Crippen LogP contribution >= 0.6 is 0 Å². The first-order chi connectivity index (χ1) is 33.6. The molecule has 0 saturated heterocycles. The Labute approximate surface area is 413 Å². The van der Waals surface area contributed by atoms with Crippen LogP contribution in [0, 0.1) is 0 Å². The van der Waals surface area contributed by atoms with Gasteiger partial charge in [0.05, 0.1) is 16.7 Å². The number of anilines is 1. The van der Waals surface area contributed by atoms with Crippen molar-refractivity contribution in [1.29, 1.82) is 0 Å². The van der Waals surface area contributed by atoms with Crippen LogP contribution in [-0.2, 0) is 50.2 Å². The number of likely N-dealkylation sites (N-methyl/N-ethyl adjacent to an activating group) is 1. The SMILES string of the molecule is CCN1/C(=C/C=C(/C=C/C2=[N+](CC)c3ccc4c(S(=O)(=O)O)cccc4c3C2(C)C)c2ccc(C(=O)NCCCCCC(=O)OC3C(=O)CCC3=O)cn2)C(C)(C)c2c1ccc1c(S(=O)(=O)O)cccc21. The summed E-state index contributed by atoms with van der Waals surface area (Å²) in [5.74, 6) is -1.66. The van der Waals surface area contributed by atoms with Crippen LogP contribution in [-0.4, -0.2) is 90.4 Å². The average Bonchev–Trinajstić information content (AvgIpc) is 3.85. The van der Waals surface area contributed by atoms with Gasteiger partial charge in [-0.05, 0) is 105 Å². The Morgan fingerprint density at radius 1 is 0.803 bits per heavy atom. The lowest BCUT2D eigenvalue weighted by atomic mass is 9.79. The number of carbonyl (C=O) groups excluding carboxylic acids is 4. The van der Waals surface area contributed by atoms with Crippen molar-refractivity contribution in [3.8, 4) is 0 Å². The fraction of sp³-hybridized carbons (Fsp3) is 0.333. The second-order valence-electron chi connectivity index (χ2n) is 19.0. The number of unbranched alkanes of at least 4 members (excludes halogenated alkanes) is 2. The van der Waals surface area contributed by atoms with Gasteiger partial charge in [-0.1, -0.05) is 56.7 Å². The molecule has 8 rings (SSSR count). The summed E-state index contributed by atoms with van der Waals surface area (Å²) in [5.41, 5.74) is 5.78. The van der Waals surface area contributed by atoms with Gasteiger partial charge < -0.3 is 15.0 Å². The summed E-state index contributed by atoms with van der Waals surface area (Å²) in [5, 5.41) is 5.15. The fourth-order valence-corrected chi connectivity index (χ4v) is 11.9. The molecule has 2 aliphatic heterocycles. The highest BCUT2D eigenvalue weighted by molar-refractivity contribution is 7.86. The quantitative estimate of drug-likeness (QED) is 0.0211. The average molecular weight is 1000 g/mol. The van der Waals surface area contributed by atoms with Crippen molar-refractivity contribution in [3.05, 3.63) is 131 Å². The number of pyridine rings is 1. The molecule has 3 N–H and O–H groups in total. The number of amides is 1. The van der Waals surface area contributed by atoms with Gasteiger partial charge in [0.1, 0.15) is 16.3 Å². The Hall–Kier alpha value is -6.66. The topological polar surface area (TPSA) is 217 Å². The lowest BCUT2D eigenvalue weighted by Crippen LogP contribution is -2.28. The van der Waals surface area contributed by atoms with Gasteiger partial charge in [-0.15, -0.1) is 0 Å². The number of nitrogens with zero attached hydrogens (tertiary/aromatic N) is 3. The zero-order valence-electron chi connectivity index (χ0n) is 40.5. The first-order valence-corrected chi connectivity index (χ1v) is 26.6. The number of aromatic nitrogens is 1. The van der Waals surface area contributed by atoms with Gasteiger partial charge in [-0.2, -0.15) is 21.4 Å². The summed E-state index contributed by atoms with van der Waals surface area (Å²) in [7, 11) is -9.01. The van der Waals surface area contributed by atoms with Crippen LogP contribution in [0.2, 0.25) is 0 Å². The molecule has 1 aromatic heterocycles. The first-order valence-electron chi connectivity index (χ1n) is 23.7. The smallest absolute Gasteiger partial charge is 0.306 e. The van der Waals surface area contributed by atoms with Gasteiger partial charge >= 0.3 is 5.97 Å². The van der Waals surface area contributed by atoms with Crippen molar-refractivity contribution in [2.24, 2.45) is 0 Å². The zero-order valence-corrected chi connectivity index (χ0v) is 42.1. The summed E-state index contributed by atoms with van der Waals surface area (Å²) in [4.78, 5) is 55.8. The van der Waals surface area contributed by atoms with E-state index in [1.165, 1.54) is 18.3 Å². The molecule has 1 saturated carbocycles. The van der Waals surface area contributed by atoms with E-state index in [9.17, 15) is 45.1 Å². The second-order valence-corrected chi connectivity index (χ2v) is 21.8. The Kier molecular flexibility index (Phi) is 13.9. The minimum absolute atomic E-state index is 0.0576. The third kappa shape index (κ3) is 9.63. The van der Waals surface area contributed by atoms with Crippen LogP contribution < -0.4 is 10.2 Å². The summed E-state index contributed by atoms with van der Waals surface area (Å²) < 4.78 is 77.3. The molecule has 0 atom stereocenters. The molecule has 0 spiro atoms. The number of nitrogens with one attached hydrogen (secondary N) is 1. The van der Waals surface area contributed by atoms with Crippen molar-refractivity contribution in [2.45, 2.75) is 107 Å². The van der Waals surface area contributed by atoms with Crippen molar-refractivity contribution in [1.82, 2.24) is 10.3 Å². The van der Waals surface area contributed by atoms with Crippen molar-refractivity contribution in [3.63, 3.8) is 0 Å². The molecule has 0 unspecified atom stereocenters. The number of carbonyl (C=O) groups is 4. The van der Waals surface area contributed by atoms with E-state index in [4.69, 9.17) is 9.72 Å². The third-order valence-corrected chi connectivity index (χ3v) is 15.7. The maximum absolute atomic E-state index is 13.3. The largest absolute Gasteiger partial charge is 0.446 e. The molecule has 0 radical (unpaired) electrons. The van der Waals surface area contributed by atoms with E-state index in [-0.39, 0.29) is 46.5 Å². The molecule has 1 amide bonds. The van der Waals surface area contributed by atoms with E-state index < -0.39 is 43.1 Å². The molecule has 1 fully saturated rings. The molecular weight excluding hydrogens is 945 g/mol. The second kappa shape index (κ2) is 19.5.